The van der Waals surface area contributed by atoms with Gasteiger partial charge in [0, 0.05) is 66.9 Å². The molecule has 6 rings (SSSR count). The highest BCUT2D eigenvalue weighted by Crippen LogP contribution is 2.62. The van der Waals surface area contributed by atoms with E-state index in [1.54, 1.807) is 30.0 Å². The summed E-state index contributed by atoms with van der Waals surface area (Å²) >= 11 is 1.75. The van der Waals surface area contributed by atoms with E-state index in [-0.39, 0.29) is 55.8 Å². The first-order chi connectivity index (χ1) is 34.3. The molecule has 3 aliphatic rings. The van der Waals surface area contributed by atoms with Crippen molar-refractivity contribution in [3.8, 4) is 11.5 Å². The number of ether oxygens (including phenoxy) is 3. The van der Waals surface area contributed by atoms with Crippen LogP contribution in [0.5, 0.6) is 11.5 Å². The number of nitrogens with zero attached hydrogens (tertiary/aromatic N) is 3. The Bertz CT molecular complexity index is 2130. The van der Waals surface area contributed by atoms with Gasteiger partial charge in [-0.15, -0.1) is 18.3 Å². The van der Waals surface area contributed by atoms with Crippen LogP contribution in [0.15, 0.2) is 107 Å². The average molecular weight is 982 g/mol. The van der Waals surface area contributed by atoms with Crippen molar-refractivity contribution in [1.29, 1.82) is 0 Å². The van der Waals surface area contributed by atoms with Gasteiger partial charge in [-0.05, 0) is 104 Å². The molecule has 13 heteroatoms. The van der Waals surface area contributed by atoms with E-state index >= 15 is 0 Å². The third-order valence-electron chi connectivity index (χ3n) is 14.2. The standard InChI is InChI=1S/C57H79N3O9S/c1-4-7-8-9-10-11-12-13-17-26-54(63)59(33-5-2)53-41-51(58-68-42-43-27-29-45(30-28-43)60(64)65)49-39-44(22-18-20-34-61)48(25-19-21-35-62)55-50-40-46(66-37-38-70-47-23-15-14-16-24-47)31-32-52(50)69-57(53,56(49)55)67-36-6-3/h6,14-16,23-24,27-32,39-40,44,48,53,55-56,61-62H,3-5,7-13,17-22,25-26,33-38,41-42H2,1-2H3/t44-,48+,53-,55+,56+,57+/m0/s1. The fraction of sp³-hybridized carbons (Fsp3) is 0.579. The molecule has 6 atom stereocenters. The van der Waals surface area contributed by atoms with E-state index in [1.807, 2.05) is 35.2 Å². The Morgan fingerprint density at radius 1 is 0.914 bits per heavy atom. The maximum absolute atomic E-state index is 14.9. The number of rotatable bonds is 33. The zero-order chi connectivity index (χ0) is 49.6. The molecule has 0 radical (unpaired) electrons. The van der Waals surface area contributed by atoms with Gasteiger partial charge in [0.05, 0.1) is 29.8 Å². The second-order valence-corrected chi connectivity index (χ2v) is 20.3. The molecule has 382 valence electrons. The number of nitro groups is 1. The molecule has 1 heterocycles. The average Bonchev–Trinajstić information content (AvgIpc) is 3.37. The topological polar surface area (TPSA) is 153 Å². The molecule has 1 amide bonds. The number of carbonyl (C=O) groups excluding carboxylic acids is 1. The van der Waals surface area contributed by atoms with Crippen molar-refractivity contribution in [3.63, 3.8) is 0 Å². The van der Waals surface area contributed by atoms with Crippen LogP contribution in [0.1, 0.15) is 146 Å². The third kappa shape index (κ3) is 14.7. The van der Waals surface area contributed by atoms with E-state index in [9.17, 15) is 25.1 Å². The highest BCUT2D eigenvalue weighted by molar-refractivity contribution is 7.99. The van der Waals surface area contributed by atoms with Gasteiger partial charge in [-0.25, -0.2) is 0 Å². The monoisotopic (exact) mass is 982 g/mol. The van der Waals surface area contributed by atoms with Crippen LogP contribution in [0.3, 0.4) is 0 Å². The van der Waals surface area contributed by atoms with Crippen LogP contribution >= 0.6 is 11.8 Å². The van der Waals surface area contributed by atoms with Gasteiger partial charge in [0.2, 0.25) is 11.7 Å². The molecule has 70 heavy (non-hydrogen) atoms. The molecular weight excluding hydrogens is 903 g/mol. The summed E-state index contributed by atoms with van der Waals surface area (Å²) in [6.45, 7) is 9.92. The number of unbranched alkanes of at least 4 members (excludes halogenated alkanes) is 10. The van der Waals surface area contributed by atoms with E-state index in [2.05, 4.69) is 44.7 Å². The Morgan fingerprint density at radius 2 is 1.63 bits per heavy atom. The molecule has 12 nitrogen and oxygen atoms in total. The minimum atomic E-state index is -1.33. The van der Waals surface area contributed by atoms with Crippen LogP contribution in [-0.4, -0.2) is 82.2 Å². The largest absolute Gasteiger partial charge is 0.493 e. The number of aliphatic hydroxyl groups excluding tert-OH is 2. The normalized spacial score (nSPS) is 21.8. The van der Waals surface area contributed by atoms with E-state index in [0.29, 0.717) is 44.6 Å². The van der Waals surface area contributed by atoms with Crippen molar-refractivity contribution in [2.24, 2.45) is 22.9 Å². The molecule has 0 bridgehead atoms. The lowest BCUT2D eigenvalue weighted by Gasteiger charge is -2.60. The Kier molecular flexibility index (Phi) is 22.6. The summed E-state index contributed by atoms with van der Waals surface area (Å²) in [5.41, 5.74) is 3.43. The highest BCUT2D eigenvalue weighted by Gasteiger charge is 2.65. The van der Waals surface area contributed by atoms with Crippen LogP contribution in [0.4, 0.5) is 5.69 Å². The minimum absolute atomic E-state index is 0.000498. The summed E-state index contributed by atoms with van der Waals surface area (Å²) in [5, 5.41) is 36.4. The van der Waals surface area contributed by atoms with Crippen LogP contribution < -0.4 is 9.47 Å². The first kappa shape index (κ1) is 54.6. The number of thioether (sulfide) groups is 1. The summed E-state index contributed by atoms with van der Waals surface area (Å²) in [6.07, 6.45) is 20.6. The molecule has 2 aliphatic carbocycles. The van der Waals surface area contributed by atoms with Gasteiger partial charge in [-0.2, -0.15) is 0 Å². The molecule has 2 N–H and O–H groups in total. The summed E-state index contributed by atoms with van der Waals surface area (Å²) < 4.78 is 21.2. The van der Waals surface area contributed by atoms with Crippen LogP contribution in [0.25, 0.3) is 0 Å². The summed E-state index contributed by atoms with van der Waals surface area (Å²) in [4.78, 5) is 35.3. The number of hydrogen-bond acceptors (Lipinski definition) is 11. The molecule has 0 saturated heterocycles. The van der Waals surface area contributed by atoms with Crippen molar-refractivity contribution in [2.45, 2.75) is 159 Å². The molecule has 0 unspecified atom stereocenters. The molecular formula is C57H79N3O9S. The van der Waals surface area contributed by atoms with Gasteiger partial charge in [0.15, 0.2) is 0 Å². The number of non-ortho nitro benzene ring substituents is 1. The van der Waals surface area contributed by atoms with Gasteiger partial charge in [-0.3, -0.25) is 14.9 Å². The molecule has 1 saturated carbocycles. The second-order valence-electron chi connectivity index (χ2n) is 19.1. The second kappa shape index (κ2) is 29.0. The Balaban J connectivity index is 1.43. The van der Waals surface area contributed by atoms with Crippen LogP contribution in [0, 0.1) is 27.9 Å². The summed E-state index contributed by atoms with van der Waals surface area (Å²) in [7, 11) is 0. The van der Waals surface area contributed by atoms with Crippen molar-refractivity contribution in [1.82, 2.24) is 4.90 Å². The van der Waals surface area contributed by atoms with Gasteiger partial charge < -0.3 is 34.2 Å². The smallest absolute Gasteiger partial charge is 0.269 e. The maximum atomic E-state index is 14.9. The lowest BCUT2D eigenvalue weighted by atomic mass is 9.55. The number of benzene rings is 3. The zero-order valence-electron chi connectivity index (χ0n) is 41.9. The predicted octanol–water partition coefficient (Wildman–Crippen LogP) is 12.8. The summed E-state index contributed by atoms with van der Waals surface area (Å²) in [5.74, 6) is 0.491. The van der Waals surface area contributed by atoms with Crippen molar-refractivity contribution < 1.29 is 39.0 Å². The predicted molar refractivity (Wildman–Crippen MR) is 279 cm³/mol. The first-order valence-corrected chi connectivity index (χ1v) is 27.3. The third-order valence-corrected chi connectivity index (χ3v) is 15.2. The Labute approximate surface area is 421 Å². The van der Waals surface area contributed by atoms with E-state index in [4.69, 9.17) is 24.2 Å². The fourth-order valence-electron chi connectivity index (χ4n) is 10.9. The van der Waals surface area contributed by atoms with Gasteiger partial charge in [0.25, 0.3) is 5.69 Å². The maximum Gasteiger partial charge on any atom is 0.269 e. The number of oxime groups is 1. The first-order valence-electron chi connectivity index (χ1n) is 26.3. The molecule has 3 aromatic rings. The van der Waals surface area contributed by atoms with Gasteiger partial charge >= 0.3 is 0 Å². The van der Waals surface area contributed by atoms with Crippen molar-refractivity contribution >= 4 is 29.1 Å². The molecule has 3 aromatic carbocycles. The number of aliphatic hydroxyl groups is 2. The number of allylic oxidation sites excluding steroid dienone is 1. The SMILES string of the molecule is C=CCO[C@@]12Oc3ccc(OCCSc4ccccc4)cc3[C@H]3[C@H](CCCCO)[C@@H](CCCCO)C=C(C(=NOCc4ccc([N+](=O)[O-])cc4)C[C@@H]1N(CCC)C(=O)CCCCCCCCCCC)[C@H]32. The lowest BCUT2D eigenvalue weighted by molar-refractivity contribution is -0.384. The zero-order valence-corrected chi connectivity index (χ0v) is 42.7. The highest BCUT2D eigenvalue weighted by atomic mass is 32.2. The molecule has 0 aromatic heterocycles. The molecule has 1 fully saturated rings. The van der Waals surface area contributed by atoms with Crippen LogP contribution in [-0.2, 0) is 21.0 Å². The molecule has 0 spiro atoms. The van der Waals surface area contributed by atoms with E-state index in [0.717, 1.165) is 85.3 Å². The van der Waals surface area contributed by atoms with Gasteiger partial charge in [-0.1, -0.05) is 114 Å². The lowest BCUT2D eigenvalue weighted by Crippen LogP contribution is -2.70. The van der Waals surface area contributed by atoms with Crippen molar-refractivity contribution in [2.75, 3.05) is 38.7 Å². The minimum Gasteiger partial charge on any atom is -0.493 e. The number of nitro benzene ring substituents is 1. The van der Waals surface area contributed by atoms with Gasteiger partial charge in [0.1, 0.15) is 24.1 Å². The molecule has 1 aliphatic heterocycles. The van der Waals surface area contributed by atoms with E-state index < -0.39 is 22.7 Å². The van der Waals surface area contributed by atoms with Crippen molar-refractivity contribution in [3.05, 3.63) is 118 Å². The number of carbonyl (C=O) groups is 1. The fourth-order valence-corrected chi connectivity index (χ4v) is 11.7. The Morgan fingerprint density at radius 3 is 2.31 bits per heavy atom. The Hall–Kier alpha value is -4.69. The van der Waals surface area contributed by atoms with Crippen LogP contribution in [0.2, 0.25) is 0 Å². The summed E-state index contributed by atoms with van der Waals surface area (Å²) in [6, 6.07) is 22.1. The number of hydrogen-bond donors (Lipinski definition) is 2. The number of amides is 1. The van der Waals surface area contributed by atoms with E-state index in [1.165, 1.54) is 55.6 Å². The number of fused-ring (bicyclic) bond motifs is 2. The quantitative estimate of drug-likeness (QED) is 0.0198.